The van der Waals surface area contributed by atoms with Crippen LogP contribution in [0.25, 0.3) is 6.08 Å². The van der Waals surface area contributed by atoms with Gasteiger partial charge in [0.2, 0.25) is 5.13 Å². The number of nitrogens with zero attached hydrogens (tertiary/aromatic N) is 3. The Bertz CT molecular complexity index is 1210. The van der Waals surface area contributed by atoms with Crippen molar-refractivity contribution in [1.82, 2.24) is 10.2 Å². The molecule has 0 bridgehead atoms. The van der Waals surface area contributed by atoms with E-state index in [1.807, 2.05) is 50.2 Å². The van der Waals surface area contributed by atoms with Crippen LogP contribution in [0.3, 0.4) is 0 Å². The normalized spacial score (nSPS) is 11.0. The maximum atomic E-state index is 12.6. The van der Waals surface area contributed by atoms with Gasteiger partial charge in [-0.2, -0.15) is 5.26 Å². The molecule has 0 spiro atoms. The van der Waals surface area contributed by atoms with E-state index in [1.165, 1.54) is 17.4 Å². The number of aromatic nitrogens is 2. The third kappa shape index (κ3) is 7.70. The molecule has 1 aromatic heterocycles. The number of carbonyl (C=O) groups excluding carboxylic acids is 1. The van der Waals surface area contributed by atoms with Crippen molar-refractivity contribution in [2.24, 2.45) is 0 Å². The quantitative estimate of drug-likeness (QED) is 0.193. The van der Waals surface area contributed by atoms with Gasteiger partial charge in [0.25, 0.3) is 5.91 Å². The third-order valence-corrected chi connectivity index (χ3v) is 5.68. The minimum absolute atomic E-state index is 0.110. The van der Waals surface area contributed by atoms with Gasteiger partial charge in [-0.05, 0) is 49.2 Å². The minimum Gasteiger partial charge on any atom is -0.490 e. The number of ether oxygens (including phenoxy) is 3. The number of rotatable bonds is 12. The van der Waals surface area contributed by atoms with E-state index in [0.29, 0.717) is 35.4 Å². The number of nitrogens with one attached hydrogen (secondary N) is 1. The van der Waals surface area contributed by atoms with Crippen LogP contribution < -0.4 is 19.5 Å². The van der Waals surface area contributed by atoms with Gasteiger partial charge >= 0.3 is 0 Å². The smallest absolute Gasteiger partial charge is 0.268 e. The molecule has 0 aliphatic heterocycles. The predicted octanol–water partition coefficient (Wildman–Crippen LogP) is 5.55. The summed E-state index contributed by atoms with van der Waals surface area (Å²) in [5.74, 6) is 0.920. The molecule has 35 heavy (non-hydrogen) atoms. The highest BCUT2D eigenvalue weighted by Crippen LogP contribution is 2.37. The zero-order valence-corrected chi connectivity index (χ0v) is 21.0. The Morgan fingerprint density at radius 1 is 1.14 bits per heavy atom. The van der Waals surface area contributed by atoms with E-state index in [1.54, 1.807) is 12.1 Å². The standard InChI is InChI=1S/C25H25ClN4O4S/c1-3-8-22-29-30-25(35-22)28-24(31)18(16-27)13-17-14-20(26)23(21(15-17)32-4-2)34-12-11-33-19-9-6-5-7-10-19/h5-7,9-10,13-15H,3-4,8,11-12H2,1-2H3,(H,28,30,31)/b18-13-. The van der Waals surface area contributed by atoms with Crippen LogP contribution >= 0.6 is 22.9 Å². The summed E-state index contributed by atoms with van der Waals surface area (Å²) in [5.41, 5.74) is 0.405. The number of aryl methyl sites for hydroxylation is 1. The van der Waals surface area contributed by atoms with Gasteiger partial charge in [-0.1, -0.05) is 48.1 Å². The van der Waals surface area contributed by atoms with Gasteiger partial charge in [0.05, 0.1) is 11.6 Å². The van der Waals surface area contributed by atoms with E-state index < -0.39 is 5.91 Å². The van der Waals surface area contributed by atoms with E-state index in [-0.39, 0.29) is 17.2 Å². The monoisotopic (exact) mass is 512 g/mol. The lowest BCUT2D eigenvalue weighted by Crippen LogP contribution is -2.13. The molecule has 1 amide bonds. The highest BCUT2D eigenvalue weighted by molar-refractivity contribution is 7.15. The van der Waals surface area contributed by atoms with Crippen molar-refractivity contribution in [3.63, 3.8) is 0 Å². The van der Waals surface area contributed by atoms with Crippen molar-refractivity contribution in [3.8, 4) is 23.3 Å². The van der Waals surface area contributed by atoms with Crippen LogP contribution in [0.2, 0.25) is 5.02 Å². The lowest BCUT2D eigenvalue weighted by atomic mass is 10.1. The van der Waals surface area contributed by atoms with Gasteiger partial charge in [0.1, 0.15) is 35.6 Å². The van der Waals surface area contributed by atoms with Gasteiger partial charge in [0.15, 0.2) is 11.5 Å². The number of hydrogen-bond donors (Lipinski definition) is 1. The lowest BCUT2D eigenvalue weighted by molar-refractivity contribution is -0.112. The Labute approximate surface area is 213 Å². The van der Waals surface area contributed by atoms with E-state index >= 15 is 0 Å². The number of anilines is 1. The molecule has 0 aliphatic carbocycles. The van der Waals surface area contributed by atoms with Crippen molar-refractivity contribution >= 4 is 40.1 Å². The fourth-order valence-corrected chi connectivity index (χ4v) is 4.10. The van der Waals surface area contributed by atoms with Crippen molar-refractivity contribution in [1.29, 1.82) is 5.26 Å². The van der Waals surface area contributed by atoms with Crippen LogP contribution in [0.1, 0.15) is 30.8 Å². The molecule has 8 nitrogen and oxygen atoms in total. The van der Waals surface area contributed by atoms with Crippen molar-refractivity contribution < 1.29 is 19.0 Å². The van der Waals surface area contributed by atoms with Crippen LogP contribution in [0.5, 0.6) is 17.2 Å². The first-order valence-electron chi connectivity index (χ1n) is 11.1. The second-order valence-electron chi connectivity index (χ2n) is 7.15. The molecule has 3 aromatic rings. The summed E-state index contributed by atoms with van der Waals surface area (Å²) in [4.78, 5) is 12.6. The molecule has 0 saturated carbocycles. The zero-order valence-electron chi connectivity index (χ0n) is 19.4. The molecule has 0 saturated heterocycles. The van der Waals surface area contributed by atoms with E-state index in [9.17, 15) is 10.1 Å². The molecule has 1 N–H and O–H groups in total. The highest BCUT2D eigenvalue weighted by Gasteiger charge is 2.16. The molecule has 0 aliphatic rings. The molecule has 182 valence electrons. The highest BCUT2D eigenvalue weighted by atomic mass is 35.5. The molecule has 0 radical (unpaired) electrons. The van der Waals surface area contributed by atoms with Crippen molar-refractivity contribution in [3.05, 3.63) is 63.6 Å². The summed E-state index contributed by atoms with van der Waals surface area (Å²) in [7, 11) is 0. The molecule has 0 atom stereocenters. The Balaban J connectivity index is 1.71. The van der Waals surface area contributed by atoms with E-state index in [2.05, 4.69) is 15.5 Å². The predicted molar refractivity (Wildman–Crippen MR) is 136 cm³/mol. The average Bonchev–Trinajstić information content (AvgIpc) is 3.29. The zero-order chi connectivity index (χ0) is 25.0. The first-order chi connectivity index (χ1) is 17.0. The first kappa shape index (κ1) is 26.0. The molecule has 1 heterocycles. The third-order valence-electron chi connectivity index (χ3n) is 4.50. The average molecular weight is 513 g/mol. The number of carbonyl (C=O) groups is 1. The summed E-state index contributed by atoms with van der Waals surface area (Å²) in [6.45, 7) is 4.81. The van der Waals surface area contributed by atoms with Crippen molar-refractivity contribution in [2.45, 2.75) is 26.7 Å². The van der Waals surface area contributed by atoms with Crippen LogP contribution in [0.15, 0.2) is 48.0 Å². The van der Waals surface area contributed by atoms with E-state index in [0.717, 1.165) is 23.6 Å². The first-order valence-corrected chi connectivity index (χ1v) is 12.3. The Morgan fingerprint density at radius 2 is 1.91 bits per heavy atom. The molecular formula is C25H25ClN4O4S. The number of hydrogen-bond acceptors (Lipinski definition) is 8. The number of nitriles is 1. The summed E-state index contributed by atoms with van der Waals surface area (Å²) in [6.07, 6.45) is 3.13. The maximum Gasteiger partial charge on any atom is 0.268 e. The lowest BCUT2D eigenvalue weighted by Gasteiger charge is -2.15. The fourth-order valence-electron chi connectivity index (χ4n) is 2.99. The molecule has 0 fully saturated rings. The molecule has 10 heteroatoms. The Morgan fingerprint density at radius 3 is 2.63 bits per heavy atom. The van der Waals surface area contributed by atoms with Crippen LogP contribution in [-0.4, -0.2) is 35.9 Å². The minimum atomic E-state index is -0.584. The van der Waals surface area contributed by atoms with Gasteiger partial charge in [-0.25, -0.2) is 0 Å². The fraction of sp³-hybridized carbons (Fsp3) is 0.280. The molecule has 0 unspecified atom stereocenters. The van der Waals surface area contributed by atoms with Gasteiger partial charge < -0.3 is 14.2 Å². The molecule has 3 rings (SSSR count). The SMILES string of the molecule is CCCc1nnc(NC(=O)/C(C#N)=C\c2cc(Cl)c(OCCOc3ccccc3)c(OCC)c2)s1. The Hall–Kier alpha value is -3.61. The summed E-state index contributed by atoms with van der Waals surface area (Å²) in [5, 5.41) is 21.6. The summed E-state index contributed by atoms with van der Waals surface area (Å²) < 4.78 is 17.1. The molecule has 2 aromatic carbocycles. The second-order valence-corrected chi connectivity index (χ2v) is 8.62. The van der Waals surface area contributed by atoms with Crippen LogP contribution in [0.4, 0.5) is 5.13 Å². The number of benzene rings is 2. The Kier molecular flexibility index (Phi) is 9.90. The number of amides is 1. The van der Waals surface area contributed by atoms with Gasteiger partial charge in [0, 0.05) is 6.42 Å². The van der Waals surface area contributed by atoms with Crippen molar-refractivity contribution in [2.75, 3.05) is 25.1 Å². The summed E-state index contributed by atoms with van der Waals surface area (Å²) >= 11 is 7.74. The van der Waals surface area contributed by atoms with Crippen LogP contribution in [-0.2, 0) is 11.2 Å². The summed E-state index contributed by atoms with van der Waals surface area (Å²) in [6, 6.07) is 14.6. The largest absolute Gasteiger partial charge is 0.490 e. The number of halogens is 1. The maximum absolute atomic E-state index is 12.6. The molecular weight excluding hydrogens is 488 g/mol. The second kappa shape index (κ2) is 13.3. The van der Waals surface area contributed by atoms with Gasteiger partial charge in [-0.3, -0.25) is 10.1 Å². The van der Waals surface area contributed by atoms with Crippen LogP contribution in [0, 0.1) is 11.3 Å². The topological polar surface area (TPSA) is 106 Å². The number of para-hydroxylation sites is 1. The van der Waals surface area contributed by atoms with E-state index in [4.69, 9.17) is 25.8 Å². The van der Waals surface area contributed by atoms with Gasteiger partial charge in [-0.15, -0.1) is 10.2 Å².